The van der Waals surface area contributed by atoms with Crippen LogP contribution in [0.2, 0.25) is 0 Å². The molecule has 1 aliphatic rings. The summed E-state index contributed by atoms with van der Waals surface area (Å²) in [6.45, 7) is 6.44. The number of amides is 1. The fourth-order valence-electron chi connectivity index (χ4n) is 3.25. The zero-order valence-electron chi connectivity index (χ0n) is 14.3. The van der Waals surface area contributed by atoms with E-state index in [0.29, 0.717) is 5.69 Å². The molecule has 0 spiro atoms. The van der Waals surface area contributed by atoms with Crippen molar-refractivity contribution in [2.45, 2.75) is 39.3 Å². The number of H-pyrrole nitrogens is 1. The second kappa shape index (κ2) is 7.20. The van der Waals surface area contributed by atoms with Gasteiger partial charge in [0.15, 0.2) is 0 Å². The van der Waals surface area contributed by atoms with Crippen molar-refractivity contribution in [2.75, 3.05) is 18.4 Å². The predicted octanol–water partition coefficient (Wildman–Crippen LogP) is 2.84. The smallest absolute Gasteiger partial charge is 0.272 e. The molecule has 2 aromatic rings. The maximum atomic E-state index is 12.5. The van der Waals surface area contributed by atoms with Crippen LogP contribution in [0.25, 0.3) is 0 Å². The number of aliphatic hydroxyl groups excluding tert-OH is 1. The third-order valence-electron chi connectivity index (χ3n) is 4.59. The lowest BCUT2D eigenvalue weighted by atomic mass is 10.1. The van der Waals surface area contributed by atoms with Gasteiger partial charge in [-0.05, 0) is 49.9 Å². The fourth-order valence-corrected chi connectivity index (χ4v) is 3.25. The Hall–Kier alpha value is -2.11. The summed E-state index contributed by atoms with van der Waals surface area (Å²) in [7, 11) is 0. The number of carbonyl (C=O) groups excluding carboxylic acids is 1. The van der Waals surface area contributed by atoms with E-state index in [-0.39, 0.29) is 12.0 Å². The van der Waals surface area contributed by atoms with Crippen molar-refractivity contribution in [3.05, 3.63) is 52.8 Å². The summed E-state index contributed by atoms with van der Waals surface area (Å²) in [4.78, 5) is 18.0. The van der Waals surface area contributed by atoms with Gasteiger partial charge < -0.3 is 15.4 Å². The molecule has 5 nitrogen and oxygen atoms in total. The van der Waals surface area contributed by atoms with E-state index in [4.69, 9.17) is 0 Å². The number of anilines is 1. The Morgan fingerprint density at radius 1 is 1.29 bits per heavy atom. The van der Waals surface area contributed by atoms with Gasteiger partial charge in [0, 0.05) is 31.0 Å². The number of hydrogen-bond acceptors (Lipinski definition) is 3. The molecule has 1 aromatic heterocycles. The van der Waals surface area contributed by atoms with Crippen LogP contribution in [0.5, 0.6) is 0 Å². The standard InChI is InChI=1S/C19H25N3O2/c1-13-11-14(2)20-18(13)19(24)21-17-6-4-3-5-15(17)12-22-9-7-16(23)8-10-22/h3-6,11,16,20,23H,7-10,12H2,1-2H3,(H,21,24). The number of piperidine rings is 1. The third-order valence-corrected chi connectivity index (χ3v) is 4.59. The van der Waals surface area contributed by atoms with Crippen molar-refractivity contribution in [3.63, 3.8) is 0 Å². The zero-order chi connectivity index (χ0) is 17.1. The van der Waals surface area contributed by atoms with Crippen LogP contribution in [0.3, 0.4) is 0 Å². The molecule has 0 bridgehead atoms. The summed E-state index contributed by atoms with van der Waals surface area (Å²) in [5, 5.41) is 12.7. The molecule has 24 heavy (non-hydrogen) atoms. The minimum atomic E-state index is -0.171. The number of rotatable bonds is 4. The molecule has 0 saturated carbocycles. The molecule has 1 aliphatic heterocycles. The normalized spacial score (nSPS) is 16.3. The second-order valence-corrected chi connectivity index (χ2v) is 6.63. The summed E-state index contributed by atoms with van der Waals surface area (Å²) < 4.78 is 0. The summed E-state index contributed by atoms with van der Waals surface area (Å²) in [5.74, 6) is -0.109. The predicted molar refractivity (Wildman–Crippen MR) is 95.2 cm³/mol. The molecule has 0 radical (unpaired) electrons. The zero-order valence-corrected chi connectivity index (χ0v) is 14.3. The molecule has 0 unspecified atom stereocenters. The first kappa shape index (κ1) is 16.7. The highest BCUT2D eigenvalue weighted by atomic mass is 16.3. The van der Waals surface area contributed by atoms with Gasteiger partial charge >= 0.3 is 0 Å². The molecule has 3 rings (SSSR count). The number of nitrogens with one attached hydrogen (secondary N) is 2. The summed E-state index contributed by atoms with van der Waals surface area (Å²) >= 11 is 0. The van der Waals surface area contributed by atoms with E-state index in [0.717, 1.165) is 55.0 Å². The van der Waals surface area contributed by atoms with E-state index in [9.17, 15) is 9.90 Å². The molecule has 5 heteroatoms. The number of hydrogen-bond donors (Lipinski definition) is 3. The van der Waals surface area contributed by atoms with E-state index >= 15 is 0 Å². The number of benzene rings is 1. The van der Waals surface area contributed by atoms with Gasteiger partial charge in [0.2, 0.25) is 0 Å². The van der Waals surface area contributed by atoms with E-state index in [1.54, 1.807) is 0 Å². The Bertz CT molecular complexity index is 715. The molecule has 1 saturated heterocycles. The molecular formula is C19H25N3O2. The van der Waals surface area contributed by atoms with E-state index in [1.807, 2.05) is 44.2 Å². The molecule has 1 fully saturated rings. The van der Waals surface area contributed by atoms with Gasteiger partial charge in [-0.1, -0.05) is 18.2 Å². The lowest BCUT2D eigenvalue weighted by Crippen LogP contribution is -2.35. The lowest BCUT2D eigenvalue weighted by Gasteiger charge is -2.30. The first-order valence-electron chi connectivity index (χ1n) is 8.49. The van der Waals surface area contributed by atoms with Crippen molar-refractivity contribution in [1.82, 2.24) is 9.88 Å². The van der Waals surface area contributed by atoms with Gasteiger partial charge in [0.1, 0.15) is 5.69 Å². The highest BCUT2D eigenvalue weighted by Gasteiger charge is 2.19. The minimum Gasteiger partial charge on any atom is -0.393 e. The molecule has 128 valence electrons. The SMILES string of the molecule is Cc1cc(C)c(C(=O)Nc2ccccc2CN2CCC(O)CC2)[nH]1. The number of carbonyl (C=O) groups is 1. The van der Waals surface area contributed by atoms with Crippen LogP contribution in [-0.2, 0) is 6.54 Å². The highest BCUT2D eigenvalue weighted by Crippen LogP contribution is 2.21. The first-order valence-corrected chi connectivity index (χ1v) is 8.49. The maximum absolute atomic E-state index is 12.5. The third kappa shape index (κ3) is 3.86. The summed E-state index contributed by atoms with van der Waals surface area (Å²) in [6, 6.07) is 9.89. The van der Waals surface area contributed by atoms with Gasteiger partial charge in [-0.3, -0.25) is 9.69 Å². The number of para-hydroxylation sites is 1. The van der Waals surface area contributed by atoms with Gasteiger partial charge in [0.25, 0.3) is 5.91 Å². The lowest BCUT2D eigenvalue weighted by molar-refractivity contribution is 0.0793. The van der Waals surface area contributed by atoms with Crippen LogP contribution in [0.1, 0.15) is 40.2 Å². The van der Waals surface area contributed by atoms with Crippen molar-refractivity contribution >= 4 is 11.6 Å². The van der Waals surface area contributed by atoms with Crippen LogP contribution in [0, 0.1) is 13.8 Å². The van der Waals surface area contributed by atoms with Crippen LogP contribution >= 0.6 is 0 Å². The van der Waals surface area contributed by atoms with Crippen molar-refractivity contribution in [3.8, 4) is 0 Å². The van der Waals surface area contributed by atoms with Crippen molar-refractivity contribution < 1.29 is 9.90 Å². The Morgan fingerprint density at radius 3 is 2.67 bits per heavy atom. The summed E-state index contributed by atoms with van der Waals surface area (Å²) in [5.41, 5.74) is 4.50. The quantitative estimate of drug-likeness (QED) is 0.809. The van der Waals surface area contributed by atoms with Gasteiger partial charge in [0.05, 0.1) is 6.10 Å². The van der Waals surface area contributed by atoms with Gasteiger partial charge in [-0.25, -0.2) is 0 Å². The Labute approximate surface area is 142 Å². The largest absolute Gasteiger partial charge is 0.393 e. The minimum absolute atomic E-state index is 0.109. The average molecular weight is 327 g/mol. The van der Waals surface area contributed by atoms with Crippen molar-refractivity contribution in [2.24, 2.45) is 0 Å². The Balaban J connectivity index is 1.72. The van der Waals surface area contributed by atoms with Gasteiger partial charge in [-0.15, -0.1) is 0 Å². The molecule has 3 N–H and O–H groups in total. The molecule has 0 aliphatic carbocycles. The monoisotopic (exact) mass is 327 g/mol. The Kier molecular flexibility index (Phi) is 5.02. The molecule has 0 atom stereocenters. The number of aromatic amines is 1. The summed E-state index contributed by atoms with van der Waals surface area (Å²) in [6.07, 6.45) is 1.46. The number of aryl methyl sites for hydroxylation is 2. The van der Waals surface area contributed by atoms with Crippen LogP contribution < -0.4 is 5.32 Å². The maximum Gasteiger partial charge on any atom is 0.272 e. The van der Waals surface area contributed by atoms with E-state index in [2.05, 4.69) is 15.2 Å². The molecular weight excluding hydrogens is 302 g/mol. The molecule has 1 aromatic carbocycles. The average Bonchev–Trinajstić information content (AvgIpc) is 2.90. The van der Waals surface area contributed by atoms with Crippen LogP contribution in [-0.4, -0.2) is 40.1 Å². The van der Waals surface area contributed by atoms with Gasteiger partial charge in [-0.2, -0.15) is 0 Å². The number of aliphatic hydroxyl groups is 1. The topological polar surface area (TPSA) is 68.4 Å². The van der Waals surface area contributed by atoms with Crippen LogP contribution in [0.15, 0.2) is 30.3 Å². The number of likely N-dealkylation sites (tertiary alicyclic amines) is 1. The van der Waals surface area contributed by atoms with Crippen LogP contribution in [0.4, 0.5) is 5.69 Å². The second-order valence-electron chi connectivity index (χ2n) is 6.63. The van der Waals surface area contributed by atoms with E-state index in [1.165, 1.54) is 0 Å². The first-order chi connectivity index (χ1) is 11.5. The number of nitrogens with zero attached hydrogens (tertiary/aromatic N) is 1. The van der Waals surface area contributed by atoms with Crippen molar-refractivity contribution in [1.29, 1.82) is 0 Å². The Morgan fingerprint density at radius 2 is 2.00 bits per heavy atom. The fraction of sp³-hybridized carbons (Fsp3) is 0.421. The number of aromatic nitrogens is 1. The van der Waals surface area contributed by atoms with E-state index < -0.39 is 0 Å². The highest BCUT2D eigenvalue weighted by molar-refractivity contribution is 6.04. The molecule has 2 heterocycles. The molecule has 1 amide bonds.